The summed E-state index contributed by atoms with van der Waals surface area (Å²) in [6, 6.07) is 25.0. The molecular weight excluding hydrogens is 363 g/mol. The molecule has 3 aromatic rings. The number of urea groups is 1. The third-order valence-electron chi connectivity index (χ3n) is 5.56. The van der Waals surface area contributed by atoms with Crippen molar-refractivity contribution in [1.82, 2.24) is 4.90 Å². The normalized spacial score (nSPS) is 14.6. The van der Waals surface area contributed by atoms with E-state index in [-0.39, 0.29) is 11.8 Å². The van der Waals surface area contributed by atoms with E-state index in [1.54, 1.807) is 12.1 Å². The van der Waals surface area contributed by atoms with Gasteiger partial charge in [-0.05, 0) is 60.1 Å². The Morgan fingerprint density at radius 3 is 2.28 bits per heavy atom. The maximum Gasteiger partial charge on any atom is 0.321 e. The summed E-state index contributed by atoms with van der Waals surface area (Å²) in [7, 11) is 0. The first-order chi connectivity index (χ1) is 14.2. The summed E-state index contributed by atoms with van der Waals surface area (Å²) in [5.41, 5.74) is 4.30. The number of nitrogens with one attached hydrogen (secondary N) is 1. The van der Waals surface area contributed by atoms with Crippen LogP contribution in [0.15, 0.2) is 78.9 Å². The molecule has 3 aromatic carbocycles. The van der Waals surface area contributed by atoms with E-state index >= 15 is 0 Å². The second kappa shape index (κ2) is 8.91. The number of hydrogen-bond donors (Lipinski definition) is 1. The van der Waals surface area contributed by atoms with Gasteiger partial charge < -0.3 is 10.2 Å². The Labute approximate surface area is 171 Å². The molecule has 1 N–H and O–H groups in total. The maximum atomic E-state index is 13.3. The van der Waals surface area contributed by atoms with Crippen molar-refractivity contribution in [1.29, 1.82) is 0 Å². The second-order valence-corrected chi connectivity index (χ2v) is 7.64. The van der Waals surface area contributed by atoms with E-state index in [4.69, 9.17) is 0 Å². The minimum atomic E-state index is -0.347. The Kier molecular flexibility index (Phi) is 5.89. The van der Waals surface area contributed by atoms with Gasteiger partial charge in [-0.15, -0.1) is 0 Å². The lowest BCUT2D eigenvalue weighted by molar-refractivity contribution is 0.182. The smallest absolute Gasteiger partial charge is 0.321 e. The van der Waals surface area contributed by atoms with Gasteiger partial charge in [0.05, 0.1) is 0 Å². The number of hydrogen-bond acceptors (Lipinski definition) is 1. The minimum Gasteiger partial charge on any atom is -0.325 e. The zero-order valence-corrected chi connectivity index (χ0v) is 16.4. The zero-order valence-electron chi connectivity index (χ0n) is 16.4. The molecule has 0 saturated carbocycles. The van der Waals surface area contributed by atoms with Gasteiger partial charge in [-0.1, -0.05) is 60.7 Å². The molecule has 0 unspecified atom stereocenters. The van der Waals surface area contributed by atoms with Crippen LogP contribution in [0.4, 0.5) is 14.9 Å². The van der Waals surface area contributed by atoms with Crippen LogP contribution < -0.4 is 5.32 Å². The van der Waals surface area contributed by atoms with Crippen molar-refractivity contribution in [3.05, 3.63) is 90.2 Å². The molecule has 1 fully saturated rings. The predicted octanol–water partition coefficient (Wildman–Crippen LogP) is 5.98. The molecule has 4 heteroatoms. The van der Waals surface area contributed by atoms with Crippen LogP contribution in [-0.2, 0) is 6.42 Å². The average molecular weight is 388 g/mol. The molecule has 29 heavy (non-hydrogen) atoms. The monoisotopic (exact) mass is 388 g/mol. The molecule has 0 aliphatic carbocycles. The molecule has 2 amide bonds. The summed E-state index contributed by atoms with van der Waals surface area (Å²) in [6.45, 7) is 1.46. The van der Waals surface area contributed by atoms with Crippen molar-refractivity contribution >= 4 is 11.7 Å². The van der Waals surface area contributed by atoms with Crippen molar-refractivity contribution in [3.8, 4) is 11.1 Å². The van der Waals surface area contributed by atoms with Crippen LogP contribution >= 0.6 is 0 Å². The molecule has 1 aliphatic rings. The first kappa shape index (κ1) is 19.2. The van der Waals surface area contributed by atoms with E-state index in [9.17, 15) is 9.18 Å². The first-order valence-electron chi connectivity index (χ1n) is 10.1. The number of amides is 2. The summed E-state index contributed by atoms with van der Waals surface area (Å²) >= 11 is 0. The number of benzene rings is 3. The highest BCUT2D eigenvalue weighted by Gasteiger charge is 2.23. The third kappa shape index (κ3) is 5.02. The van der Waals surface area contributed by atoms with Crippen LogP contribution in [0.25, 0.3) is 11.1 Å². The molecule has 0 aromatic heterocycles. The maximum absolute atomic E-state index is 13.3. The summed E-state index contributed by atoms with van der Waals surface area (Å²) in [6.07, 6.45) is 3.00. The van der Waals surface area contributed by atoms with E-state index in [0.717, 1.165) is 32.4 Å². The highest BCUT2D eigenvalue weighted by Crippen LogP contribution is 2.25. The zero-order chi connectivity index (χ0) is 20.1. The van der Waals surface area contributed by atoms with E-state index in [1.807, 2.05) is 11.0 Å². The highest BCUT2D eigenvalue weighted by atomic mass is 19.1. The molecular formula is C25H25FN2O. The number of carbonyl (C=O) groups is 1. The van der Waals surface area contributed by atoms with Gasteiger partial charge in [0.1, 0.15) is 5.82 Å². The van der Waals surface area contributed by atoms with Gasteiger partial charge in [0, 0.05) is 18.8 Å². The topological polar surface area (TPSA) is 32.3 Å². The van der Waals surface area contributed by atoms with Gasteiger partial charge in [-0.25, -0.2) is 9.18 Å². The minimum absolute atomic E-state index is 0.152. The fourth-order valence-electron chi connectivity index (χ4n) is 3.91. The fourth-order valence-corrected chi connectivity index (χ4v) is 3.91. The fraction of sp³-hybridized carbons (Fsp3) is 0.240. The Balaban J connectivity index is 1.28. The Hall–Kier alpha value is -3.14. The molecule has 0 atom stereocenters. The Morgan fingerprint density at radius 2 is 1.59 bits per heavy atom. The standard InChI is InChI=1S/C25H25FN2O/c26-23-7-4-8-24(18-23)27-25(29)28-15-13-20(14-16-28)17-19-9-11-22(12-10-19)21-5-2-1-3-6-21/h1-12,18,20H,13-17H2,(H,27,29). The van der Waals surface area contributed by atoms with Crippen molar-refractivity contribution < 1.29 is 9.18 Å². The lowest BCUT2D eigenvalue weighted by Crippen LogP contribution is -2.41. The SMILES string of the molecule is O=C(Nc1cccc(F)c1)N1CCC(Cc2ccc(-c3ccccc3)cc2)CC1. The molecule has 1 aliphatic heterocycles. The molecule has 3 nitrogen and oxygen atoms in total. The average Bonchev–Trinajstić information content (AvgIpc) is 2.75. The van der Waals surface area contributed by atoms with Crippen molar-refractivity contribution in [2.45, 2.75) is 19.3 Å². The van der Waals surface area contributed by atoms with Crippen molar-refractivity contribution in [2.75, 3.05) is 18.4 Å². The van der Waals surface area contributed by atoms with Crippen molar-refractivity contribution in [3.63, 3.8) is 0 Å². The van der Waals surface area contributed by atoms with Gasteiger partial charge in [-0.2, -0.15) is 0 Å². The molecule has 0 radical (unpaired) electrons. The molecule has 0 bridgehead atoms. The Morgan fingerprint density at radius 1 is 0.897 bits per heavy atom. The van der Waals surface area contributed by atoms with E-state index in [1.165, 1.54) is 28.8 Å². The molecule has 1 saturated heterocycles. The van der Waals surface area contributed by atoms with Crippen molar-refractivity contribution in [2.24, 2.45) is 5.92 Å². The van der Waals surface area contributed by atoms with Gasteiger partial charge in [0.25, 0.3) is 0 Å². The number of likely N-dealkylation sites (tertiary alicyclic amines) is 1. The summed E-state index contributed by atoms with van der Waals surface area (Å²) in [4.78, 5) is 14.2. The van der Waals surface area contributed by atoms with Crippen LogP contribution in [0.2, 0.25) is 0 Å². The molecule has 148 valence electrons. The number of piperidine rings is 1. The van der Waals surface area contributed by atoms with E-state index in [2.05, 4.69) is 53.8 Å². The van der Waals surface area contributed by atoms with Crippen LogP contribution in [0.5, 0.6) is 0 Å². The summed E-state index contributed by atoms with van der Waals surface area (Å²) < 4.78 is 13.3. The predicted molar refractivity (Wildman–Crippen MR) is 115 cm³/mol. The third-order valence-corrected chi connectivity index (χ3v) is 5.56. The van der Waals surface area contributed by atoms with E-state index in [0.29, 0.717) is 11.6 Å². The van der Waals surface area contributed by atoms with Gasteiger partial charge >= 0.3 is 6.03 Å². The lowest BCUT2D eigenvalue weighted by atomic mass is 9.89. The largest absolute Gasteiger partial charge is 0.325 e. The number of carbonyl (C=O) groups excluding carboxylic acids is 1. The number of nitrogens with zero attached hydrogens (tertiary/aromatic N) is 1. The lowest BCUT2D eigenvalue weighted by Gasteiger charge is -2.32. The molecule has 0 spiro atoms. The van der Waals surface area contributed by atoms with Crippen LogP contribution in [0.3, 0.4) is 0 Å². The Bertz CT molecular complexity index is 948. The second-order valence-electron chi connectivity index (χ2n) is 7.64. The van der Waals surface area contributed by atoms with Gasteiger partial charge in [0.15, 0.2) is 0 Å². The first-order valence-corrected chi connectivity index (χ1v) is 10.1. The van der Waals surface area contributed by atoms with Crippen LogP contribution in [0.1, 0.15) is 18.4 Å². The summed E-state index contributed by atoms with van der Waals surface area (Å²) in [5.74, 6) is 0.232. The van der Waals surface area contributed by atoms with Crippen LogP contribution in [-0.4, -0.2) is 24.0 Å². The number of rotatable bonds is 4. The van der Waals surface area contributed by atoms with Gasteiger partial charge in [-0.3, -0.25) is 0 Å². The number of anilines is 1. The summed E-state index contributed by atoms with van der Waals surface area (Å²) in [5, 5.41) is 2.79. The highest BCUT2D eigenvalue weighted by molar-refractivity contribution is 5.89. The van der Waals surface area contributed by atoms with E-state index < -0.39 is 0 Å². The molecule has 1 heterocycles. The molecule has 4 rings (SSSR count). The quantitative estimate of drug-likeness (QED) is 0.586. The van der Waals surface area contributed by atoms with Crippen LogP contribution in [0, 0.1) is 11.7 Å². The number of halogens is 1. The van der Waals surface area contributed by atoms with Gasteiger partial charge in [0.2, 0.25) is 0 Å².